The summed E-state index contributed by atoms with van der Waals surface area (Å²) in [5, 5.41) is 9.55. The summed E-state index contributed by atoms with van der Waals surface area (Å²) in [6, 6.07) is 16.7. The summed E-state index contributed by atoms with van der Waals surface area (Å²) < 4.78 is 1.72. The molecule has 0 radical (unpaired) electrons. The number of thioether (sulfide) groups is 1. The molecule has 1 unspecified atom stereocenters. The van der Waals surface area contributed by atoms with Gasteiger partial charge in [0.25, 0.3) is 0 Å². The monoisotopic (exact) mass is 449 g/mol. The summed E-state index contributed by atoms with van der Waals surface area (Å²) in [4.78, 5) is 39.9. The highest BCUT2D eigenvalue weighted by atomic mass is 32.2. The molecule has 0 aliphatic carbocycles. The minimum Gasteiger partial charge on any atom is -0.347 e. The third-order valence-corrected chi connectivity index (χ3v) is 5.97. The van der Waals surface area contributed by atoms with Gasteiger partial charge in [-0.25, -0.2) is 4.68 Å². The summed E-state index contributed by atoms with van der Waals surface area (Å²) >= 11 is 1.63. The Bertz CT molecular complexity index is 1100. The van der Waals surface area contributed by atoms with Crippen molar-refractivity contribution in [2.45, 2.75) is 11.3 Å². The molecule has 4 rings (SSSR count). The summed E-state index contributed by atoms with van der Waals surface area (Å²) in [6.45, 7) is 0.145. The topological polar surface area (TPSA) is 96.3 Å². The molecule has 1 fully saturated rings. The van der Waals surface area contributed by atoms with Gasteiger partial charge in [-0.05, 0) is 60.9 Å². The van der Waals surface area contributed by atoms with Gasteiger partial charge in [0, 0.05) is 41.6 Å². The molecule has 2 N–H and O–H groups in total. The van der Waals surface area contributed by atoms with Crippen LogP contribution in [0, 0.1) is 5.92 Å². The molecule has 164 valence electrons. The number of hydrogen-bond acceptors (Lipinski definition) is 5. The van der Waals surface area contributed by atoms with Crippen LogP contribution in [0.4, 0.5) is 11.4 Å². The predicted octanol–water partition coefficient (Wildman–Crippen LogP) is 2.70. The first-order chi connectivity index (χ1) is 15.5. The quantitative estimate of drug-likeness (QED) is 0.541. The van der Waals surface area contributed by atoms with Crippen molar-refractivity contribution in [2.75, 3.05) is 29.6 Å². The largest absolute Gasteiger partial charge is 0.347 e. The number of aromatic nitrogens is 2. The first-order valence-corrected chi connectivity index (χ1v) is 11.4. The number of nitrogens with one attached hydrogen (secondary N) is 2. The molecule has 8 nitrogen and oxygen atoms in total. The molecule has 32 heavy (non-hydrogen) atoms. The Hall–Kier alpha value is -3.59. The number of nitrogens with zero attached hydrogens (tertiary/aromatic N) is 3. The highest BCUT2D eigenvalue weighted by Crippen LogP contribution is 2.27. The molecule has 3 amide bonds. The fourth-order valence-corrected chi connectivity index (χ4v) is 3.94. The van der Waals surface area contributed by atoms with Crippen molar-refractivity contribution in [2.24, 2.45) is 5.92 Å². The van der Waals surface area contributed by atoms with E-state index in [9.17, 15) is 14.4 Å². The van der Waals surface area contributed by atoms with Gasteiger partial charge < -0.3 is 15.5 Å². The number of amides is 3. The van der Waals surface area contributed by atoms with Crippen LogP contribution in [0.1, 0.15) is 6.42 Å². The summed E-state index contributed by atoms with van der Waals surface area (Å²) in [5.74, 6) is -1.21. The van der Waals surface area contributed by atoms with Crippen LogP contribution < -0.4 is 15.5 Å². The Morgan fingerprint density at radius 2 is 1.81 bits per heavy atom. The van der Waals surface area contributed by atoms with E-state index in [1.54, 1.807) is 39.7 Å². The summed E-state index contributed by atoms with van der Waals surface area (Å²) in [7, 11) is 0. The number of rotatable bonds is 7. The molecule has 0 bridgehead atoms. The summed E-state index contributed by atoms with van der Waals surface area (Å²) in [6.07, 6.45) is 5.64. The predicted molar refractivity (Wildman–Crippen MR) is 124 cm³/mol. The van der Waals surface area contributed by atoms with Gasteiger partial charge in [-0.15, -0.1) is 11.8 Å². The maximum absolute atomic E-state index is 12.5. The first kappa shape index (κ1) is 21.6. The van der Waals surface area contributed by atoms with Gasteiger partial charge in [-0.2, -0.15) is 5.10 Å². The Balaban J connectivity index is 1.27. The highest BCUT2D eigenvalue weighted by Gasteiger charge is 2.35. The lowest BCUT2D eigenvalue weighted by Gasteiger charge is -2.17. The van der Waals surface area contributed by atoms with Gasteiger partial charge in [-0.1, -0.05) is 0 Å². The van der Waals surface area contributed by atoms with Crippen molar-refractivity contribution in [3.8, 4) is 5.69 Å². The van der Waals surface area contributed by atoms with E-state index in [1.807, 2.05) is 54.9 Å². The molecule has 1 saturated heterocycles. The molecule has 2 heterocycles. The fraction of sp³-hybridized carbons (Fsp3) is 0.217. The maximum atomic E-state index is 12.5. The molecule has 3 aromatic rings. The van der Waals surface area contributed by atoms with Crippen molar-refractivity contribution in [1.29, 1.82) is 0 Å². The van der Waals surface area contributed by atoms with Crippen molar-refractivity contribution in [3.63, 3.8) is 0 Å². The zero-order valence-electron chi connectivity index (χ0n) is 17.5. The second kappa shape index (κ2) is 9.69. The van der Waals surface area contributed by atoms with Gasteiger partial charge >= 0.3 is 0 Å². The lowest BCUT2D eigenvalue weighted by atomic mass is 10.1. The van der Waals surface area contributed by atoms with E-state index < -0.39 is 5.92 Å². The van der Waals surface area contributed by atoms with Crippen LogP contribution in [-0.4, -0.2) is 46.8 Å². The molecular weight excluding hydrogens is 426 g/mol. The standard InChI is InChI=1S/C23H23N5O3S/c1-32-20-9-7-18(8-10-20)27-15-16(13-22(27)30)23(31)24-14-21(29)26-17-3-5-19(6-4-17)28-12-2-11-25-28/h2-12,16H,13-15H2,1H3,(H,24,31)(H,26,29). The van der Waals surface area contributed by atoms with E-state index in [0.717, 1.165) is 16.3 Å². The van der Waals surface area contributed by atoms with Crippen LogP contribution >= 0.6 is 11.8 Å². The Kier molecular flexibility index (Phi) is 6.55. The average molecular weight is 450 g/mol. The van der Waals surface area contributed by atoms with Crippen LogP contribution in [0.15, 0.2) is 71.9 Å². The Morgan fingerprint density at radius 1 is 1.09 bits per heavy atom. The van der Waals surface area contributed by atoms with Crippen molar-refractivity contribution < 1.29 is 14.4 Å². The van der Waals surface area contributed by atoms with E-state index in [1.165, 1.54) is 0 Å². The minimum absolute atomic E-state index is 0.0937. The number of hydrogen-bond donors (Lipinski definition) is 2. The lowest BCUT2D eigenvalue weighted by Crippen LogP contribution is -2.37. The van der Waals surface area contributed by atoms with Crippen LogP contribution in [0.5, 0.6) is 0 Å². The Morgan fingerprint density at radius 3 is 2.47 bits per heavy atom. The van der Waals surface area contributed by atoms with Crippen molar-refractivity contribution >= 4 is 40.9 Å². The second-order valence-electron chi connectivity index (χ2n) is 7.37. The van der Waals surface area contributed by atoms with Crippen LogP contribution in [0.3, 0.4) is 0 Å². The Labute approximate surface area is 190 Å². The minimum atomic E-state index is -0.483. The van der Waals surface area contributed by atoms with Gasteiger partial charge in [0.1, 0.15) is 0 Å². The molecule has 0 saturated carbocycles. The number of carbonyl (C=O) groups is 3. The van der Waals surface area contributed by atoms with Gasteiger partial charge in [0.15, 0.2) is 0 Å². The second-order valence-corrected chi connectivity index (χ2v) is 8.25. The molecule has 1 atom stereocenters. The van der Waals surface area contributed by atoms with Crippen molar-refractivity contribution in [3.05, 3.63) is 67.0 Å². The van der Waals surface area contributed by atoms with E-state index >= 15 is 0 Å². The molecule has 1 aromatic heterocycles. The third-order valence-electron chi connectivity index (χ3n) is 5.22. The van der Waals surface area contributed by atoms with E-state index in [4.69, 9.17) is 0 Å². The van der Waals surface area contributed by atoms with Crippen LogP contribution in [0.2, 0.25) is 0 Å². The zero-order valence-corrected chi connectivity index (χ0v) is 18.3. The molecule has 1 aliphatic heterocycles. The van der Waals surface area contributed by atoms with Gasteiger partial charge in [0.2, 0.25) is 17.7 Å². The number of carbonyl (C=O) groups excluding carboxylic acids is 3. The lowest BCUT2D eigenvalue weighted by molar-refractivity contribution is -0.127. The molecular formula is C23H23N5O3S. The van der Waals surface area contributed by atoms with E-state index in [-0.39, 0.29) is 30.7 Å². The smallest absolute Gasteiger partial charge is 0.243 e. The number of benzene rings is 2. The van der Waals surface area contributed by atoms with E-state index in [0.29, 0.717) is 12.2 Å². The van der Waals surface area contributed by atoms with Gasteiger partial charge in [-0.3, -0.25) is 14.4 Å². The molecule has 2 aromatic carbocycles. The van der Waals surface area contributed by atoms with E-state index in [2.05, 4.69) is 15.7 Å². The SMILES string of the molecule is CSc1ccc(N2CC(C(=O)NCC(=O)Nc3ccc(-n4cccn4)cc3)CC2=O)cc1. The normalized spacial score (nSPS) is 15.6. The average Bonchev–Trinajstić information content (AvgIpc) is 3.48. The van der Waals surface area contributed by atoms with Crippen LogP contribution in [-0.2, 0) is 14.4 Å². The van der Waals surface area contributed by atoms with Gasteiger partial charge in [0.05, 0.1) is 18.2 Å². The zero-order chi connectivity index (χ0) is 22.5. The molecule has 1 aliphatic rings. The summed E-state index contributed by atoms with van der Waals surface area (Å²) in [5.41, 5.74) is 2.27. The third kappa shape index (κ3) is 5.00. The first-order valence-electron chi connectivity index (χ1n) is 10.2. The number of anilines is 2. The molecule has 0 spiro atoms. The van der Waals surface area contributed by atoms with Crippen molar-refractivity contribution in [1.82, 2.24) is 15.1 Å². The highest BCUT2D eigenvalue weighted by molar-refractivity contribution is 7.98. The fourth-order valence-electron chi connectivity index (χ4n) is 3.53. The maximum Gasteiger partial charge on any atom is 0.243 e. The molecule has 9 heteroatoms. The van der Waals surface area contributed by atoms with Crippen LogP contribution in [0.25, 0.3) is 5.69 Å².